The molecule has 16 heavy (non-hydrogen) atoms. The molecule has 1 aliphatic rings. The topological polar surface area (TPSA) is 40.5 Å². The van der Waals surface area contributed by atoms with Crippen molar-refractivity contribution in [2.75, 3.05) is 18.0 Å². The van der Waals surface area contributed by atoms with Gasteiger partial charge in [0.15, 0.2) is 0 Å². The number of anilines is 1. The lowest BCUT2D eigenvalue weighted by molar-refractivity contribution is 0.0692. The van der Waals surface area contributed by atoms with Crippen LogP contribution in [0.1, 0.15) is 29.6 Å². The monoisotopic (exact) mass is 223 g/mol. The third-order valence-corrected chi connectivity index (χ3v) is 2.90. The molecule has 1 N–H and O–H groups in total. The molecule has 1 aromatic rings. The van der Waals surface area contributed by atoms with E-state index in [1.807, 2.05) is 0 Å². The predicted molar refractivity (Wildman–Crippen MR) is 59.4 cm³/mol. The van der Waals surface area contributed by atoms with Gasteiger partial charge in [-0.1, -0.05) is 0 Å². The molecular weight excluding hydrogens is 209 g/mol. The van der Waals surface area contributed by atoms with Crippen molar-refractivity contribution in [2.24, 2.45) is 0 Å². The lowest BCUT2D eigenvalue weighted by atomic mass is 10.1. The normalized spacial score (nSPS) is 16.2. The van der Waals surface area contributed by atoms with E-state index in [0.717, 1.165) is 31.6 Å². The molecule has 0 aliphatic carbocycles. The first-order valence-electron chi connectivity index (χ1n) is 5.46. The lowest BCUT2D eigenvalue weighted by Gasteiger charge is -2.29. The van der Waals surface area contributed by atoms with Crippen LogP contribution in [0, 0.1) is 5.82 Å². The minimum Gasteiger partial charge on any atom is -0.478 e. The van der Waals surface area contributed by atoms with Crippen molar-refractivity contribution in [1.82, 2.24) is 0 Å². The van der Waals surface area contributed by atoms with Crippen molar-refractivity contribution in [3.63, 3.8) is 0 Å². The van der Waals surface area contributed by atoms with Crippen molar-refractivity contribution in [2.45, 2.75) is 19.3 Å². The maximum atomic E-state index is 13.2. The smallest absolute Gasteiger partial charge is 0.338 e. The number of hydrogen-bond acceptors (Lipinski definition) is 2. The summed E-state index contributed by atoms with van der Waals surface area (Å²) in [4.78, 5) is 12.9. The summed E-state index contributed by atoms with van der Waals surface area (Å²) in [5, 5.41) is 8.83. The highest BCUT2D eigenvalue weighted by atomic mass is 19.1. The second-order valence-electron chi connectivity index (χ2n) is 4.02. The molecule has 1 heterocycles. The second-order valence-corrected chi connectivity index (χ2v) is 4.02. The Morgan fingerprint density at radius 3 is 2.56 bits per heavy atom. The van der Waals surface area contributed by atoms with Gasteiger partial charge < -0.3 is 10.0 Å². The summed E-state index contributed by atoms with van der Waals surface area (Å²) in [6.45, 7) is 1.84. The number of aromatic carboxylic acids is 1. The van der Waals surface area contributed by atoms with E-state index >= 15 is 0 Å². The molecule has 0 spiro atoms. The zero-order valence-corrected chi connectivity index (χ0v) is 8.95. The van der Waals surface area contributed by atoms with Gasteiger partial charge in [0, 0.05) is 18.8 Å². The molecule has 1 aromatic carbocycles. The summed E-state index contributed by atoms with van der Waals surface area (Å²) in [5.74, 6) is -1.88. The van der Waals surface area contributed by atoms with Crippen LogP contribution in [0.5, 0.6) is 0 Å². The van der Waals surface area contributed by atoms with Crippen LogP contribution in [0.2, 0.25) is 0 Å². The summed E-state index contributed by atoms with van der Waals surface area (Å²) in [5.41, 5.74) is 0.557. The number of piperidine rings is 1. The molecule has 3 nitrogen and oxygen atoms in total. The summed E-state index contributed by atoms with van der Waals surface area (Å²) in [7, 11) is 0. The van der Waals surface area contributed by atoms with Crippen molar-refractivity contribution in [3.05, 3.63) is 29.6 Å². The highest BCUT2D eigenvalue weighted by Gasteiger charge is 2.15. The molecule has 1 saturated heterocycles. The number of carbonyl (C=O) groups is 1. The van der Waals surface area contributed by atoms with Crippen LogP contribution in [0.25, 0.3) is 0 Å². The fourth-order valence-electron chi connectivity index (χ4n) is 2.03. The number of benzene rings is 1. The first-order chi connectivity index (χ1) is 7.68. The highest BCUT2D eigenvalue weighted by Crippen LogP contribution is 2.22. The Labute approximate surface area is 93.5 Å². The predicted octanol–water partition coefficient (Wildman–Crippen LogP) is 2.51. The van der Waals surface area contributed by atoms with Crippen LogP contribution < -0.4 is 4.90 Å². The van der Waals surface area contributed by atoms with E-state index < -0.39 is 11.8 Å². The van der Waals surface area contributed by atoms with E-state index in [1.54, 1.807) is 6.07 Å². The van der Waals surface area contributed by atoms with Crippen LogP contribution in [-0.2, 0) is 0 Å². The van der Waals surface area contributed by atoms with Gasteiger partial charge in [0.05, 0.1) is 5.56 Å². The van der Waals surface area contributed by atoms with Gasteiger partial charge in [0.25, 0.3) is 0 Å². The van der Waals surface area contributed by atoms with E-state index in [2.05, 4.69) is 4.90 Å². The molecule has 2 rings (SSSR count). The van der Waals surface area contributed by atoms with E-state index in [1.165, 1.54) is 18.6 Å². The van der Waals surface area contributed by atoms with Crippen LogP contribution in [0.15, 0.2) is 18.2 Å². The van der Waals surface area contributed by atoms with Gasteiger partial charge in [-0.3, -0.25) is 0 Å². The molecule has 0 amide bonds. The SMILES string of the molecule is O=C(O)c1cc(N2CCCCC2)ccc1F. The van der Waals surface area contributed by atoms with Gasteiger partial charge in [-0.25, -0.2) is 9.18 Å². The zero-order chi connectivity index (χ0) is 11.5. The van der Waals surface area contributed by atoms with E-state index in [-0.39, 0.29) is 5.56 Å². The average Bonchev–Trinajstić information content (AvgIpc) is 2.30. The van der Waals surface area contributed by atoms with Crippen molar-refractivity contribution in [1.29, 1.82) is 0 Å². The molecule has 0 radical (unpaired) electrons. The van der Waals surface area contributed by atoms with Gasteiger partial charge in [-0.2, -0.15) is 0 Å². The number of carboxylic acids is 1. The second kappa shape index (κ2) is 4.51. The summed E-state index contributed by atoms with van der Waals surface area (Å²) in [6.07, 6.45) is 3.43. The highest BCUT2D eigenvalue weighted by molar-refractivity contribution is 5.89. The maximum Gasteiger partial charge on any atom is 0.338 e. The quantitative estimate of drug-likeness (QED) is 0.837. The largest absolute Gasteiger partial charge is 0.478 e. The maximum absolute atomic E-state index is 13.2. The molecule has 86 valence electrons. The van der Waals surface area contributed by atoms with Crippen LogP contribution in [0.3, 0.4) is 0 Å². The molecule has 4 heteroatoms. The van der Waals surface area contributed by atoms with Gasteiger partial charge in [-0.05, 0) is 37.5 Å². The van der Waals surface area contributed by atoms with Crippen molar-refractivity contribution in [3.8, 4) is 0 Å². The molecule has 0 saturated carbocycles. The van der Waals surface area contributed by atoms with Gasteiger partial charge >= 0.3 is 5.97 Å². The Balaban J connectivity index is 2.27. The number of rotatable bonds is 2. The first-order valence-corrected chi connectivity index (χ1v) is 5.46. The minimum absolute atomic E-state index is 0.247. The fraction of sp³-hybridized carbons (Fsp3) is 0.417. The average molecular weight is 223 g/mol. The Morgan fingerprint density at radius 1 is 1.25 bits per heavy atom. The fourth-order valence-corrected chi connectivity index (χ4v) is 2.03. The minimum atomic E-state index is -1.21. The Morgan fingerprint density at radius 2 is 1.94 bits per heavy atom. The molecule has 0 unspecified atom stereocenters. The summed E-state index contributed by atoms with van der Waals surface area (Å²) < 4.78 is 13.2. The first kappa shape index (κ1) is 10.9. The summed E-state index contributed by atoms with van der Waals surface area (Å²) in [6, 6.07) is 4.30. The van der Waals surface area contributed by atoms with Crippen LogP contribution in [0.4, 0.5) is 10.1 Å². The molecule has 1 fully saturated rings. The van der Waals surface area contributed by atoms with E-state index in [4.69, 9.17) is 5.11 Å². The van der Waals surface area contributed by atoms with Crippen molar-refractivity contribution < 1.29 is 14.3 Å². The third kappa shape index (κ3) is 2.15. The number of hydrogen-bond donors (Lipinski definition) is 1. The van der Waals surface area contributed by atoms with Crippen molar-refractivity contribution >= 4 is 11.7 Å². The molecule has 0 atom stereocenters. The molecule has 0 bridgehead atoms. The van der Waals surface area contributed by atoms with Crippen LogP contribution in [-0.4, -0.2) is 24.2 Å². The summed E-state index contributed by atoms with van der Waals surface area (Å²) >= 11 is 0. The Kier molecular flexibility index (Phi) is 3.08. The standard InChI is InChI=1S/C12H14FNO2/c13-11-5-4-9(8-10(11)12(15)16)14-6-2-1-3-7-14/h4-5,8H,1-3,6-7H2,(H,15,16). The molecule has 0 aromatic heterocycles. The van der Waals surface area contributed by atoms with Crippen LogP contribution >= 0.6 is 0 Å². The molecular formula is C12H14FNO2. The zero-order valence-electron chi connectivity index (χ0n) is 8.95. The third-order valence-electron chi connectivity index (χ3n) is 2.90. The van der Waals surface area contributed by atoms with Gasteiger partial charge in [0.2, 0.25) is 0 Å². The van der Waals surface area contributed by atoms with Gasteiger partial charge in [0.1, 0.15) is 5.82 Å². The lowest BCUT2D eigenvalue weighted by Crippen LogP contribution is -2.29. The Bertz CT molecular complexity index is 400. The van der Waals surface area contributed by atoms with E-state index in [0.29, 0.717) is 0 Å². The van der Waals surface area contributed by atoms with E-state index in [9.17, 15) is 9.18 Å². The number of halogens is 1. The number of carboxylic acid groups (broad SMARTS) is 1. The Hall–Kier alpha value is -1.58. The molecule has 1 aliphatic heterocycles. The number of nitrogens with zero attached hydrogens (tertiary/aromatic N) is 1. The van der Waals surface area contributed by atoms with Gasteiger partial charge in [-0.15, -0.1) is 0 Å².